The van der Waals surface area contributed by atoms with Crippen molar-refractivity contribution in [1.82, 2.24) is 0 Å². The van der Waals surface area contributed by atoms with E-state index in [0.717, 1.165) is 23.1 Å². The smallest absolute Gasteiger partial charge is 0.264 e. The molecule has 9 heteroatoms. The average Bonchev–Trinajstić information content (AvgIpc) is 2.65. The molecule has 0 saturated heterocycles. The first-order chi connectivity index (χ1) is 14.7. The molecule has 0 bridgehead atoms. The predicted molar refractivity (Wildman–Crippen MR) is 134 cm³/mol. The number of halogens is 1. The SMILES string of the molecule is COc1ccc(COC[C@H](O[Si](C)(C)C(C)(C)C)[C@@H](C/C(C)=C\CCl)OS(C)(=O)=O)cc1. The van der Waals surface area contributed by atoms with Gasteiger partial charge in [-0.3, -0.25) is 4.18 Å². The molecule has 2 atom stereocenters. The van der Waals surface area contributed by atoms with Gasteiger partial charge in [0.2, 0.25) is 0 Å². The Bertz CT molecular complexity index is 831. The average molecular weight is 507 g/mol. The highest BCUT2D eigenvalue weighted by molar-refractivity contribution is 7.86. The van der Waals surface area contributed by atoms with E-state index in [1.54, 1.807) is 7.11 Å². The first-order valence-electron chi connectivity index (χ1n) is 10.7. The number of allylic oxidation sites excluding steroid dienone is 1. The second-order valence-electron chi connectivity index (χ2n) is 9.53. The Kier molecular flexibility index (Phi) is 11.4. The van der Waals surface area contributed by atoms with Crippen molar-refractivity contribution in [2.24, 2.45) is 0 Å². The summed E-state index contributed by atoms with van der Waals surface area (Å²) in [5.74, 6) is 1.12. The Hall–Kier alpha value is -0.903. The molecule has 1 aromatic carbocycles. The van der Waals surface area contributed by atoms with Gasteiger partial charge in [-0.25, -0.2) is 0 Å². The summed E-state index contributed by atoms with van der Waals surface area (Å²) in [6, 6.07) is 7.61. The maximum Gasteiger partial charge on any atom is 0.264 e. The number of hydrogen-bond acceptors (Lipinski definition) is 6. The molecule has 1 rings (SSSR count). The van der Waals surface area contributed by atoms with E-state index >= 15 is 0 Å². The van der Waals surface area contributed by atoms with Crippen LogP contribution in [0.2, 0.25) is 18.1 Å². The van der Waals surface area contributed by atoms with Crippen molar-refractivity contribution in [3.8, 4) is 5.75 Å². The number of ether oxygens (including phenoxy) is 2. The van der Waals surface area contributed by atoms with Crippen LogP contribution < -0.4 is 4.74 Å². The molecule has 0 saturated carbocycles. The Morgan fingerprint density at radius 1 is 1.16 bits per heavy atom. The molecular formula is C23H39ClO6SSi. The van der Waals surface area contributed by atoms with Crippen molar-refractivity contribution in [3.05, 3.63) is 41.5 Å². The Balaban J connectivity index is 3.11. The van der Waals surface area contributed by atoms with Crippen molar-refractivity contribution in [3.63, 3.8) is 0 Å². The van der Waals surface area contributed by atoms with Gasteiger partial charge in [0, 0.05) is 5.88 Å². The van der Waals surface area contributed by atoms with Crippen molar-refractivity contribution in [1.29, 1.82) is 0 Å². The molecule has 0 amide bonds. The van der Waals surface area contributed by atoms with Crippen LogP contribution in [0.4, 0.5) is 0 Å². The molecule has 0 unspecified atom stereocenters. The third-order valence-corrected chi connectivity index (χ3v) is 10.9. The topological polar surface area (TPSA) is 71.1 Å². The Morgan fingerprint density at radius 2 is 1.75 bits per heavy atom. The van der Waals surface area contributed by atoms with E-state index in [2.05, 4.69) is 33.9 Å². The first-order valence-corrected chi connectivity index (χ1v) is 15.9. The van der Waals surface area contributed by atoms with E-state index in [-0.39, 0.29) is 11.6 Å². The minimum absolute atomic E-state index is 0.0576. The monoisotopic (exact) mass is 506 g/mol. The summed E-state index contributed by atoms with van der Waals surface area (Å²) in [5.41, 5.74) is 1.92. The summed E-state index contributed by atoms with van der Waals surface area (Å²) in [6.45, 7) is 13.1. The zero-order chi connectivity index (χ0) is 24.6. The van der Waals surface area contributed by atoms with Gasteiger partial charge < -0.3 is 13.9 Å². The summed E-state index contributed by atoms with van der Waals surface area (Å²) in [4.78, 5) is 0. The zero-order valence-electron chi connectivity index (χ0n) is 20.6. The summed E-state index contributed by atoms with van der Waals surface area (Å²) in [6.07, 6.45) is 2.02. The standard InChI is InChI=1S/C23H39ClO6SSi/c1-18(13-14-24)15-21(29-31(6,25)26)22(30-32(7,8)23(2,3)4)17-28-16-19-9-11-20(27-5)12-10-19/h9-13,21-22H,14-17H2,1-8H3/b18-13-/t21-,22+/m1/s1. The van der Waals surface area contributed by atoms with Gasteiger partial charge in [-0.1, -0.05) is 44.6 Å². The van der Waals surface area contributed by atoms with Gasteiger partial charge in [0.25, 0.3) is 10.1 Å². The van der Waals surface area contributed by atoms with Gasteiger partial charge in [-0.15, -0.1) is 11.6 Å². The molecule has 0 fully saturated rings. The normalized spacial score (nSPS) is 15.5. The van der Waals surface area contributed by atoms with Gasteiger partial charge in [0.05, 0.1) is 32.7 Å². The minimum atomic E-state index is -3.70. The van der Waals surface area contributed by atoms with Crippen LogP contribution >= 0.6 is 11.6 Å². The summed E-state index contributed by atoms with van der Waals surface area (Å²) < 4.78 is 47.4. The largest absolute Gasteiger partial charge is 0.497 e. The maximum atomic E-state index is 12.0. The van der Waals surface area contributed by atoms with E-state index < -0.39 is 30.6 Å². The summed E-state index contributed by atoms with van der Waals surface area (Å²) in [5, 5.41) is -0.0576. The lowest BCUT2D eigenvalue weighted by Gasteiger charge is -2.41. The Labute approximate surface area is 200 Å². The summed E-state index contributed by atoms with van der Waals surface area (Å²) in [7, 11) is -4.31. The molecule has 6 nitrogen and oxygen atoms in total. The molecule has 184 valence electrons. The van der Waals surface area contributed by atoms with E-state index in [1.165, 1.54) is 0 Å². The lowest BCUT2D eigenvalue weighted by atomic mass is 10.1. The third-order valence-electron chi connectivity index (χ3n) is 5.62. The van der Waals surface area contributed by atoms with Crippen molar-refractivity contribution >= 4 is 30.0 Å². The molecular weight excluding hydrogens is 468 g/mol. The highest BCUT2D eigenvalue weighted by Crippen LogP contribution is 2.38. The number of rotatable bonds is 13. The van der Waals surface area contributed by atoms with E-state index in [1.807, 2.05) is 37.3 Å². The fraction of sp³-hybridized carbons (Fsp3) is 0.652. The molecule has 1 aromatic rings. The first kappa shape index (κ1) is 29.1. The molecule has 0 radical (unpaired) electrons. The van der Waals surface area contributed by atoms with E-state index in [4.69, 9.17) is 29.7 Å². The second-order valence-corrected chi connectivity index (χ2v) is 16.2. The molecule has 0 aliphatic heterocycles. The van der Waals surface area contributed by atoms with Gasteiger partial charge in [0.1, 0.15) is 11.9 Å². The maximum absolute atomic E-state index is 12.0. The fourth-order valence-corrected chi connectivity index (χ4v) is 5.01. The van der Waals surface area contributed by atoms with Crippen LogP contribution in [0.5, 0.6) is 5.75 Å². The van der Waals surface area contributed by atoms with Crippen LogP contribution in [0.25, 0.3) is 0 Å². The summed E-state index contributed by atoms with van der Waals surface area (Å²) >= 11 is 5.84. The van der Waals surface area contributed by atoms with E-state index in [9.17, 15) is 8.42 Å². The van der Waals surface area contributed by atoms with Crippen LogP contribution in [0.15, 0.2) is 35.9 Å². The highest BCUT2D eigenvalue weighted by atomic mass is 35.5. The zero-order valence-corrected chi connectivity index (χ0v) is 23.2. The van der Waals surface area contributed by atoms with E-state index in [0.29, 0.717) is 18.9 Å². The molecule has 0 heterocycles. The Morgan fingerprint density at radius 3 is 2.22 bits per heavy atom. The molecule has 0 aromatic heterocycles. The number of methoxy groups -OCH3 is 1. The lowest BCUT2D eigenvalue weighted by Crippen LogP contribution is -2.49. The third kappa shape index (κ3) is 10.4. The second kappa shape index (κ2) is 12.5. The van der Waals surface area contributed by atoms with Crippen molar-refractivity contribution < 1.29 is 26.5 Å². The van der Waals surface area contributed by atoms with Crippen molar-refractivity contribution in [2.45, 2.75) is 71.1 Å². The fourth-order valence-electron chi connectivity index (χ4n) is 2.77. The molecule has 0 spiro atoms. The molecule has 0 aliphatic carbocycles. The quantitative estimate of drug-likeness (QED) is 0.152. The van der Waals surface area contributed by atoms with Gasteiger partial charge in [-0.05, 0) is 49.2 Å². The van der Waals surface area contributed by atoms with Crippen LogP contribution in [0.3, 0.4) is 0 Å². The number of hydrogen-bond donors (Lipinski definition) is 0. The van der Waals surface area contributed by atoms with Crippen LogP contribution in [-0.2, 0) is 30.1 Å². The van der Waals surface area contributed by atoms with Crippen molar-refractivity contribution in [2.75, 3.05) is 25.9 Å². The van der Waals surface area contributed by atoms with Gasteiger partial charge in [0.15, 0.2) is 8.32 Å². The molecule has 32 heavy (non-hydrogen) atoms. The highest BCUT2D eigenvalue weighted by Gasteiger charge is 2.41. The molecule has 0 aliphatic rings. The van der Waals surface area contributed by atoms with Crippen LogP contribution in [0, 0.1) is 0 Å². The minimum Gasteiger partial charge on any atom is -0.497 e. The molecule has 0 N–H and O–H groups in total. The predicted octanol–water partition coefficient (Wildman–Crippen LogP) is 5.52. The van der Waals surface area contributed by atoms with Crippen LogP contribution in [0.1, 0.15) is 39.7 Å². The van der Waals surface area contributed by atoms with Gasteiger partial charge in [-0.2, -0.15) is 8.42 Å². The van der Waals surface area contributed by atoms with Gasteiger partial charge >= 0.3 is 0 Å². The van der Waals surface area contributed by atoms with Crippen LogP contribution in [-0.4, -0.2) is 54.8 Å². The number of alkyl halides is 1. The lowest BCUT2D eigenvalue weighted by molar-refractivity contribution is -0.0225. The number of benzene rings is 1.